The number of amides is 1. The predicted molar refractivity (Wildman–Crippen MR) is 101 cm³/mol. The maximum absolute atomic E-state index is 13.0. The predicted octanol–water partition coefficient (Wildman–Crippen LogP) is 4.71. The first kappa shape index (κ1) is 20.7. The molecule has 1 heterocycles. The number of rotatable bonds is 4. The normalized spacial score (nSPS) is 14.2. The Morgan fingerprint density at radius 3 is 2.66 bits per heavy atom. The van der Waals surface area contributed by atoms with E-state index in [0.717, 1.165) is 12.1 Å². The Bertz CT molecular complexity index is 988. The van der Waals surface area contributed by atoms with Crippen molar-refractivity contribution in [1.29, 1.82) is 0 Å². The molecule has 1 N–H and O–H groups in total. The third kappa shape index (κ3) is 4.89. The molecule has 29 heavy (non-hydrogen) atoms. The number of esters is 1. The molecular weight excluding hydrogens is 411 g/mol. The molecule has 1 unspecified atom stereocenters. The number of carbonyl (C=O) groups excluding carboxylic acids is 2. The second-order valence-corrected chi connectivity index (χ2v) is 6.66. The average molecular weight is 426 g/mol. The van der Waals surface area contributed by atoms with Crippen LogP contribution in [0.15, 0.2) is 48.0 Å². The van der Waals surface area contributed by atoms with Crippen molar-refractivity contribution in [3.8, 4) is 5.75 Å². The van der Waals surface area contributed by atoms with E-state index < -0.39 is 35.4 Å². The summed E-state index contributed by atoms with van der Waals surface area (Å²) in [5.74, 6) is -1.17. The molecule has 1 amide bonds. The van der Waals surface area contributed by atoms with Crippen molar-refractivity contribution < 1.29 is 32.2 Å². The molecule has 5 nitrogen and oxygen atoms in total. The highest BCUT2D eigenvalue weighted by Gasteiger charge is 2.34. The van der Waals surface area contributed by atoms with Crippen LogP contribution < -0.4 is 10.1 Å². The van der Waals surface area contributed by atoms with Gasteiger partial charge in [-0.25, -0.2) is 4.79 Å². The molecule has 2 aromatic carbocycles. The number of carbonyl (C=O) groups is 2. The Balaban J connectivity index is 1.69. The van der Waals surface area contributed by atoms with Crippen LogP contribution in [0.1, 0.15) is 18.1 Å². The topological polar surface area (TPSA) is 64.6 Å². The Kier molecular flexibility index (Phi) is 5.83. The van der Waals surface area contributed by atoms with Crippen molar-refractivity contribution in [3.63, 3.8) is 0 Å². The SMILES string of the molecule is CC(OC(=O)C1=Cc2cc(Cl)ccc2OC1)C(=O)Nc1ccccc1C(F)(F)F. The molecule has 1 atom stereocenters. The Morgan fingerprint density at radius 1 is 1.21 bits per heavy atom. The lowest BCUT2D eigenvalue weighted by molar-refractivity contribution is -0.149. The molecule has 1 aliphatic heterocycles. The second kappa shape index (κ2) is 8.16. The Morgan fingerprint density at radius 2 is 1.93 bits per heavy atom. The second-order valence-electron chi connectivity index (χ2n) is 6.22. The van der Waals surface area contributed by atoms with Crippen molar-refractivity contribution in [2.45, 2.75) is 19.2 Å². The standard InChI is InChI=1S/C20H15ClF3NO4/c1-11(18(26)25-16-5-3-2-4-15(16)20(22,23)24)29-19(27)13-8-12-9-14(21)6-7-17(12)28-10-13/h2-9,11H,10H2,1H3,(H,25,26). The first-order valence-corrected chi connectivity index (χ1v) is 8.84. The van der Waals surface area contributed by atoms with Crippen molar-refractivity contribution in [2.24, 2.45) is 0 Å². The lowest BCUT2D eigenvalue weighted by Crippen LogP contribution is -2.32. The zero-order chi connectivity index (χ0) is 21.2. The molecule has 9 heteroatoms. The molecule has 0 spiro atoms. The number of halogens is 4. The van der Waals surface area contributed by atoms with Gasteiger partial charge in [-0.1, -0.05) is 23.7 Å². The number of benzene rings is 2. The van der Waals surface area contributed by atoms with Crippen molar-refractivity contribution in [1.82, 2.24) is 0 Å². The van der Waals surface area contributed by atoms with Crippen LogP contribution in [0.5, 0.6) is 5.75 Å². The van der Waals surface area contributed by atoms with Crippen LogP contribution in [0.2, 0.25) is 5.02 Å². The van der Waals surface area contributed by atoms with E-state index in [1.807, 2.05) is 0 Å². The van der Waals surface area contributed by atoms with Crippen LogP contribution in [-0.2, 0) is 20.5 Å². The molecule has 2 aromatic rings. The zero-order valence-corrected chi connectivity index (χ0v) is 15.8. The van der Waals surface area contributed by atoms with E-state index in [1.54, 1.807) is 18.2 Å². The molecular formula is C20H15ClF3NO4. The molecule has 0 aliphatic carbocycles. The van der Waals surface area contributed by atoms with Crippen LogP contribution in [0, 0.1) is 0 Å². The summed E-state index contributed by atoms with van der Waals surface area (Å²) in [4.78, 5) is 24.6. The number of alkyl halides is 3. The quantitative estimate of drug-likeness (QED) is 0.721. The Hall–Kier alpha value is -3.00. The monoisotopic (exact) mass is 425 g/mol. The largest absolute Gasteiger partial charge is 0.488 e. The summed E-state index contributed by atoms with van der Waals surface area (Å²) in [7, 11) is 0. The first-order valence-electron chi connectivity index (χ1n) is 8.46. The lowest BCUT2D eigenvalue weighted by Gasteiger charge is -2.20. The minimum atomic E-state index is -4.64. The highest BCUT2D eigenvalue weighted by molar-refractivity contribution is 6.30. The van der Waals surface area contributed by atoms with Crippen LogP contribution in [-0.4, -0.2) is 24.6 Å². The summed E-state index contributed by atoms with van der Waals surface area (Å²) in [6.45, 7) is 1.19. The Labute approximate surface area is 169 Å². The van der Waals surface area contributed by atoms with Gasteiger partial charge in [0, 0.05) is 10.6 Å². The van der Waals surface area contributed by atoms with Gasteiger partial charge in [0.05, 0.1) is 16.8 Å². The number of hydrogen-bond acceptors (Lipinski definition) is 4. The molecule has 152 valence electrons. The van der Waals surface area contributed by atoms with Gasteiger partial charge in [-0.05, 0) is 43.3 Å². The van der Waals surface area contributed by atoms with Gasteiger partial charge in [-0.15, -0.1) is 0 Å². The summed E-state index contributed by atoms with van der Waals surface area (Å²) in [5.41, 5.74) is -0.692. The smallest absolute Gasteiger partial charge is 0.418 e. The summed E-state index contributed by atoms with van der Waals surface area (Å²) in [5, 5.41) is 2.60. The maximum Gasteiger partial charge on any atom is 0.418 e. The first-order chi connectivity index (χ1) is 13.6. The number of para-hydroxylation sites is 1. The van der Waals surface area contributed by atoms with Crippen molar-refractivity contribution in [3.05, 3.63) is 64.2 Å². The van der Waals surface area contributed by atoms with Gasteiger partial charge in [0.2, 0.25) is 0 Å². The zero-order valence-electron chi connectivity index (χ0n) is 15.0. The average Bonchev–Trinajstić information content (AvgIpc) is 2.66. The summed E-state index contributed by atoms with van der Waals surface area (Å²) >= 11 is 5.92. The van der Waals surface area contributed by atoms with E-state index >= 15 is 0 Å². The minimum absolute atomic E-state index is 0.0707. The fraction of sp³-hybridized carbons (Fsp3) is 0.200. The lowest BCUT2D eigenvalue weighted by atomic mass is 10.1. The van der Waals surface area contributed by atoms with Crippen LogP contribution in [0.4, 0.5) is 18.9 Å². The number of ether oxygens (including phenoxy) is 2. The van der Waals surface area contributed by atoms with E-state index in [2.05, 4.69) is 5.32 Å². The summed E-state index contributed by atoms with van der Waals surface area (Å²) in [6, 6.07) is 9.43. The van der Waals surface area contributed by atoms with Gasteiger partial charge in [0.25, 0.3) is 5.91 Å². The maximum atomic E-state index is 13.0. The number of nitrogens with one attached hydrogen (secondary N) is 1. The molecule has 0 radical (unpaired) electrons. The molecule has 0 fully saturated rings. The van der Waals surface area contributed by atoms with Crippen LogP contribution >= 0.6 is 11.6 Å². The number of fused-ring (bicyclic) bond motifs is 1. The highest BCUT2D eigenvalue weighted by atomic mass is 35.5. The summed E-state index contributed by atoms with van der Waals surface area (Å²) in [6.07, 6.45) is -4.44. The van der Waals surface area contributed by atoms with E-state index in [0.29, 0.717) is 16.3 Å². The van der Waals surface area contributed by atoms with E-state index in [4.69, 9.17) is 21.1 Å². The van der Waals surface area contributed by atoms with Gasteiger partial charge >= 0.3 is 12.1 Å². The van der Waals surface area contributed by atoms with Crippen molar-refractivity contribution >= 4 is 35.2 Å². The van der Waals surface area contributed by atoms with Crippen molar-refractivity contribution in [2.75, 3.05) is 11.9 Å². The number of hydrogen-bond donors (Lipinski definition) is 1. The fourth-order valence-corrected chi connectivity index (χ4v) is 2.81. The molecule has 0 bridgehead atoms. The molecule has 3 rings (SSSR count). The molecule has 1 aliphatic rings. The van der Waals surface area contributed by atoms with Gasteiger partial charge in [0.15, 0.2) is 6.10 Å². The van der Waals surface area contributed by atoms with E-state index in [9.17, 15) is 22.8 Å². The summed E-state index contributed by atoms with van der Waals surface area (Å²) < 4.78 is 49.6. The fourth-order valence-electron chi connectivity index (χ4n) is 2.63. The van der Waals surface area contributed by atoms with Gasteiger partial charge in [-0.3, -0.25) is 4.79 Å². The highest BCUT2D eigenvalue weighted by Crippen LogP contribution is 2.34. The van der Waals surface area contributed by atoms with Gasteiger partial charge < -0.3 is 14.8 Å². The van der Waals surface area contributed by atoms with E-state index in [1.165, 1.54) is 25.1 Å². The van der Waals surface area contributed by atoms with Gasteiger partial charge in [-0.2, -0.15) is 13.2 Å². The van der Waals surface area contributed by atoms with Crippen LogP contribution in [0.3, 0.4) is 0 Å². The van der Waals surface area contributed by atoms with Gasteiger partial charge in [0.1, 0.15) is 12.4 Å². The van der Waals surface area contributed by atoms with E-state index in [-0.39, 0.29) is 12.2 Å². The minimum Gasteiger partial charge on any atom is -0.488 e. The molecule has 0 saturated heterocycles. The number of anilines is 1. The van der Waals surface area contributed by atoms with Crippen LogP contribution in [0.25, 0.3) is 6.08 Å². The molecule has 0 saturated carbocycles. The third-order valence-electron chi connectivity index (χ3n) is 4.09. The molecule has 0 aromatic heterocycles. The third-order valence-corrected chi connectivity index (χ3v) is 4.33.